The van der Waals surface area contributed by atoms with Crippen LogP contribution in [0.5, 0.6) is 0 Å². The highest BCUT2D eigenvalue weighted by atomic mass is 35.5. The molecule has 1 fully saturated rings. The van der Waals surface area contributed by atoms with Crippen LogP contribution in [-0.4, -0.2) is 49.6 Å². The van der Waals surface area contributed by atoms with Gasteiger partial charge in [-0.1, -0.05) is 0 Å². The first-order valence-electron chi connectivity index (χ1n) is 5.39. The molecule has 104 valence electrons. The van der Waals surface area contributed by atoms with Crippen molar-refractivity contribution in [1.29, 1.82) is 0 Å². The van der Waals surface area contributed by atoms with Crippen LogP contribution in [0, 0.1) is 0 Å². The monoisotopic (exact) mass is 294 g/mol. The van der Waals surface area contributed by atoms with E-state index in [1.165, 1.54) is 6.20 Å². The van der Waals surface area contributed by atoms with Crippen molar-refractivity contribution in [3.05, 3.63) is 12.4 Å². The summed E-state index contributed by atoms with van der Waals surface area (Å²) in [6.45, 7) is 1.82. The summed E-state index contributed by atoms with van der Waals surface area (Å²) in [5.74, 6) is 0. The first-order chi connectivity index (χ1) is 8.06. The van der Waals surface area contributed by atoms with Crippen molar-refractivity contribution in [1.82, 2.24) is 20.1 Å². The van der Waals surface area contributed by atoms with Crippen LogP contribution >= 0.6 is 12.4 Å². The Kier molecular flexibility index (Phi) is 5.54. The molecule has 0 bridgehead atoms. The molecule has 7 nitrogen and oxygen atoms in total. The molecular weight excluding hydrogens is 278 g/mol. The van der Waals surface area contributed by atoms with Crippen LogP contribution in [0.2, 0.25) is 0 Å². The highest BCUT2D eigenvalue weighted by molar-refractivity contribution is 7.80. The standard InChI is InChI=1S/C9H17N5O2S.ClH/c1-12-4-3-8(6-12)11-14(17(15)16)9-5-10-13(2)7-9;/h5,7-8,11H,3-4,6H2,1-2H3,(H,15,16);1H/p-1/t8-;/m0./s1. The summed E-state index contributed by atoms with van der Waals surface area (Å²) < 4.78 is 25.1. The molecule has 0 aromatic carbocycles. The minimum absolute atomic E-state index is 0. The van der Waals surface area contributed by atoms with E-state index in [0.717, 1.165) is 23.9 Å². The molecule has 18 heavy (non-hydrogen) atoms. The fourth-order valence-corrected chi connectivity index (χ4v) is 2.42. The number of likely N-dealkylation sites (N-methyl/N-ethyl adjacent to an activating group) is 1. The molecule has 9 heteroatoms. The van der Waals surface area contributed by atoms with E-state index >= 15 is 0 Å². The van der Waals surface area contributed by atoms with Gasteiger partial charge in [0.1, 0.15) is 5.69 Å². The van der Waals surface area contributed by atoms with Gasteiger partial charge < -0.3 is 9.45 Å². The summed E-state index contributed by atoms with van der Waals surface area (Å²) in [5, 5.41) is 3.96. The summed E-state index contributed by atoms with van der Waals surface area (Å²) in [5.41, 5.74) is 3.52. The first-order valence-corrected chi connectivity index (χ1v) is 6.42. The number of nitrogens with one attached hydrogen (secondary N) is 1. The van der Waals surface area contributed by atoms with E-state index in [1.807, 2.05) is 7.05 Å². The van der Waals surface area contributed by atoms with Crippen LogP contribution in [0.4, 0.5) is 5.69 Å². The molecular formula is C9H17ClN5O2S-. The molecule has 0 spiro atoms. The molecule has 1 saturated heterocycles. The van der Waals surface area contributed by atoms with Crippen molar-refractivity contribution >= 4 is 29.4 Å². The quantitative estimate of drug-likeness (QED) is 0.607. The molecule has 0 saturated carbocycles. The lowest BCUT2D eigenvalue weighted by molar-refractivity contribution is 0.398. The Morgan fingerprint density at radius 3 is 2.78 bits per heavy atom. The minimum Gasteiger partial charge on any atom is -0.754 e. The van der Waals surface area contributed by atoms with E-state index < -0.39 is 11.3 Å². The Labute approximate surface area is 115 Å². The number of hydrogen-bond donors (Lipinski definition) is 1. The molecule has 2 heterocycles. The van der Waals surface area contributed by atoms with Crippen molar-refractivity contribution in [3.8, 4) is 0 Å². The van der Waals surface area contributed by atoms with Gasteiger partial charge in [-0.25, -0.2) is 9.84 Å². The number of hydrazine groups is 1. The average molecular weight is 295 g/mol. The lowest BCUT2D eigenvalue weighted by Crippen LogP contribution is -2.46. The van der Waals surface area contributed by atoms with Crippen LogP contribution < -0.4 is 9.84 Å². The van der Waals surface area contributed by atoms with Gasteiger partial charge in [-0.3, -0.25) is 8.89 Å². The van der Waals surface area contributed by atoms with Crippen LogP contribution in [0.1, 0.15) is 6.42 Å². The zero-order chi connectivity index (χ0) is 12.4. The van der Waals surface area contributed by atoms with Gasteiger partial charge >= 0.3 is 0 Å². The number of hydrogen-bond acceptors (Lipinski definition) is 5. The number of aromatic nitrogens is 2. The van der Waals surface area contributed by atoms with E-state index in [0.29, 0.717) is 5.69 Å². The Bertz CT molecular complexity index is 415. The maximum absolute atomic E-state index is 11.2. The highest BCUT2D eigenvalue weighted by Gasteiger charge is 2.22. The summed E-state index contributed by atoms with van der Waals surface area (Å²) in [7, 11) is 3.77. The van der Waals surface area contributed by atoms with Gasteiger partial charge in [0.2, 0.25) is 0 Å². The molecule has 1 unspecified atom stereocenters. The second-order valence-corrected chi connectivity index (χ2v) is 5.06. The van der Waals surface area contributed by atoms with Gasteiger partial charge in [0, 0.05) is 19.6 Å². The Balaban J connectivity index is 0.00000162. The second kappa shape index (κ2) is 6.48. The van der Waals surface area contributed by atoms with Gasteiger partial charge in [0.25, 0.3) is 0 Å². The predicted octanol–water partition coefficient (Wildman–Crippen LogP) is -0.349. The smallest absolute Gasteiger partial charge is 0.104 e. The minimum atomic E-state index is -2.35. The molecule has 0 radical (unpaired) electrons. The lowest BCUT2D eigenvalue weighted by Gasteiger charge is -2.28. The lowest BCUT2D eigenvalue weighted by atomic mass is 10.3. The van der Waals surface area contributed by atoms with Gasteiger partial charge in [-0.05, 0) is 20.0 Å². The fraction of sp³-hybridized carbons (Fsp3) is 0.667. The summed E-state index contributed by atoms with van der Waals surface area (Å²) in [6.07, 6.45) is 4.10. The van der Waals surface area contributed by atoms with Crippen molar-refractivity contribution in [2.45, 2.75) is 12.5 Å². The number of nitrogens with zero attached hydrogens (tertiary/aromatic N) is 4. The zero-order valence-corrected chi connectivity index (χ0v) is 11.9. The first kappa shape index (κ1) is 15.4. The number of anilines is 1. The third-order valence-electron chi connectivity index (χ3n) is 2.77. The van der Waals surface area contributed by atoms with E-state index in [-0.39, 0.29) is 18.4 Å². The van der Waals surface area contributed by atoms with E-state index in [2.05, 4.69) is 15.4 Å². The zero-order valence-electron chi connectivity index (χ0n) is 10.3. The van der Waals surface area contributed by atoms with Gasteiger partial charge in [0.15, 0.2) is 0 Å². The second-order valence-electron chi connectivity index (χ2n) is 4.26. The SMILES string of the molecule is CN1CC[C@H](NN(c2cnn(C)c2)S(=O)[O-])C1.Cl. The van der Waals surface area contributed by atoms with E-state index in [1.54, 1.807) is 17.9 Å². The Hall–Kier alpha value is -0.670. The van der Waals surface area contributed by atoms with Crippen molar-refractivity contribution < 1.29 is 8.76 Å². The fourth-order valence-electron chi connectivity index (χ4n) is 1.92. The maximum atomic E-state index is 11.2. The molecule has 1 aliphatic heterocycles. The summed E-state index contributed by atoms with van der Waals surface area (Å²) >= 11 is -2.35. The summed E-state index contributed by atoms with van der Waals surface area (Å²) in [4.78, 5) is 2.16. The van der Waals surface area contributed by atoms with E-state index in [9.17, 15) is 8.76 Å². The number of rotatable bonds is 4. The van der Waals surface area contributed by atoms with E-state index in [4.69, 9.17) is 0 Å². The Morgan fingerprint density at radius 1 is 1.61 bits per heavy atom. The van der Waals surface area contributed by atoms with Gasteiger partial charge in [-0.15, -0.1) is 12.4 Å². The topological polar surface area (TPSA) is 76.5 Å². The summed E-state index contributed by atoms with van der Waals surface area (Å²) in [6, 6.07) is 0.151. The predicted molar refractivity (Wildman–Crippen MR) is 70.9 cm³/mol. The molecule has 0 amide bonds. The van der Waals surface area contributed by atoms with Crippen LogP contribution in [0.15, 0.2) is 12.4 Å². The third-order valence-corrected chi connectivity index (χ3v) is 3.38. The van der Waals surface area contributed by atoms with Gasteiger partial charge in [-0.2, -0.15) is 5.10 Å². The number of halogens is 1. The molecule has 1 N–H and O–H groups in total. The van der Waals surface area contributed by atoms with Crippen LogP contribution in [0.3, 0.4) is 0 Å². The molecule has 2 atom stereocenters. The van der Waals surface area contributed by atoms with Crippen LogP contribution in [-0.2, 0) is 18.3 Å². The maximum Gasteiger partial charge on any atom is 0.104 e. The Morgan fingerprint density at radius 2 is 2.33 bits per heavy atom. The average Bonchev–Trinajstić information content (AvgIpc) is 2.83. The normalized spacial score (nSPS) is 21.6. The highest BCUT2D eigenvalue weighted by Crippen LogP contribution is 2.14. The van der Waals surface area contributed by atoms with Crippen molar-refractivity contribution in [3.63, 3.8) is 0 Å². The largest absolute Gasteiger partial charge is 0.754 e. The molecule has 1 aliphatic rings. The van der Waals surface area contributed by atoms with Gasteiger partial charge in [0.05, 0.1) is 23.7 Å². The molecule has 1 aromatic heterocycles. The molecule has 1 aromatic rings. The molecule has 2 rings (SSSR count). The van der Waals surface area contributed by atoms with Crippen molar-refractivity contribution in [2.24, 2.45) is 7.05 Å². The third kappa shape index (κ3) is 3.66. The van der Waals surface area contributed by atoms with Crippen molar-refractivity contribution in [2.75, 3.05) is 24.6 Å². The molecule has 0 aliphatic carbocycles. The van der Waals surface area contributed by atoms with Crippen LogP contribution in [0.25, 0.3) is 0 Å². The number of likely N-dealkylation sites (tertiary alicyclic amines) is 1. The number of aryl methyl sites for hydroxylation is 1.